The van der Waals surface area contributed by atoms with Crippen molar-refractivity contribution in [2.75, 3.05) is 24.4 Å². The molecule has 0 saturated heterocycles. The molecule has 1 heterocycles. The number of hydrogen-bond acceptors (Lipinski definition) is 6. The molecule has 22 heavy (non-hydrogen) atoms. The maximum atomic E-state index is 6.04. The van der Waals surface area contributed by atoms with Crippen LogP contribution in [0.25, 0.3) is 10.2 Å². The normalized spacial score (nSPS) is 10.8. The first kappa shape index (κ1) is 15.0. The number of methoxy groups -OCH3 is 1. The summed E-state index contributed by atoms with van der Waals surface area (Å²) >= 11 is 3.40. The molecule has 0 aliphatic carbocycles. The first-order chi connectivity index (χ1) is 10.7. The average molecular weight is 331 g/mol. The van der Waals surface area contributed by atoms with Crippen molar-refractivity contribution in [3.63, 3.8) is 0 Å². The molecule has 0 saturated carbocycles. The number of thiazole rings is 1. The van der Waals surface area contributed by atoms with Crippen LogP contribution in [-0.2, 0) is 6.54 Å². The molecule has 0 fully saturated rings. The molecule has 114 valence electrons. The van der Waals surface area contributed by atoms with Gasteiger partial charge in [-0.25, -0.2) is 4.98 Å². The summed E-state index contributed by atoms with van der Waals surface area (Å²) in [6.07, 6.45) is 2.05. The van der Waals surface area contributed by atoms with Gasteiger partial charge in [-0.3, -0.25) is 0 Å². The third-order valence-electron chi connectivity index (χ3n) is 3.39. The lowest BCUT2D eigenvalue weighted by atomic mass is 10.2. The number of nitrogens with two attached hydrogens (primary N) is 1. The van der Waals surface area contributed by atoms with Crippen molar-refractivity contribution in [2.24, 2.45) is 0 Å². The number of hydrogen-bond donors (Lipinski definition) is 2. The Bertz CT molecular complexity index is 801. The molecule has 3 rings (SSSR count). The molecule has 0 aliphatic heterocycles. The number of aromatic nitrogens is 1. The Labute approximate surface area is 137 Å². The van der Waals surface area contributed by atoms with Gasteiger partial charge in [0.15, 0.2) is 4.34 Å². The number of nitrogens with one attached hydrogen (secondary N) is 1. The van der Waals surface area contributed by atoms with E-state index in [1.165, 1.54) is 10.3 Å². The van der Waals surface area contributed by atoms with E-state index < -0.39 is 0 Å². The summed E-state index contributed by atoms with van der Waals surface area (Å²) in [5.41, 5.74) is 9.85. The fraction of sp³-hybridized carbons (Fsp3) is 0.188. The second-order valence-electron chi connectivity index (χ2n) is 4.75. The van der Waals surface area contributed by atoms with Gasteiger partial charge < -0.3 is 15.8 Å². The zero-order valence-corrected chi connectivity index (χ0v) is 14.1. The second kappa shape index (κ2) is 6.46. The minimum atomic E-state index is 0.676. The van der Waals surface area contributed by atoms with Crippen LogP contribution in [0.15, 0.2) is 40.7 Å². The minimum Gasteiger partial charge on any atom is -0.497 e. The topological polar surface area (TPSA) is 60.2 Å². The Hall–Kier alpha value is -1.92. The molecule has 0 spiro atoms. The highest BCUT2D eigenvalue weighted by molar-refractivity contribution is 8.00. The summed E-state index contributed by atoms with van der Waals surface area (Å²) in [7, 11) is 1.63. The van der Waals surface area contributed by atoms with E-state index in [0.717, 1.165) is 21.3 Å². The number of ether oxygens (including phenoxy) is 1. The third kappa shape index (κ3) is 2.98. The van der Waals surface area contributed by atoms with Gasteiger partial charge in [0, 0.05) is 12.6 Å². The third-order valence-corrected chi connectivity index (χ3v) is 5.39. The Balaban J connectivity index is 1.83. The van der Waals surface area contributed by atoms with Gasteiger partial charge in [0.1, 0.15) is 5.75 Å². The number of rotatable bonds is 5. The highest BCUT2D eigenvalue weighted by Gasteiger charge is 2.08. The Morgan fingerprint density at radius 1 is 1.32 bits per heavy atom. The molecular formula is C16H17N3OS2. The molecule has 4 nitrogen and oxygen atoms in total. The monoisotopic (exact) mass is 331 g/mol. The predicted octanol–water partition coefficient (Wildman–Crippen LogP) is 4.22. The maximum Gasteiger partial charge on any atom is 0.150 e. The molecule has 0 atom stereocenters. The van der Waals surface area contributed by atoms with Crippen molar-refractivity contribution in [1.82, 2.24) is 4.98 Å². The summed E-state index contributed by atoms with van der Waals surface area (Å²) in [6, 6.07) is 11.9. The van der Waals surface area contributed by atoms with Gasteiger partial charge in [0.25, 0.3) is 0 Å². The molecule has 3 N–H and O–H groups in total. The van der Waals surface area contributed by atoms with E-state index in [4.69, 9.17) is 10.5 Å². The van der Waals surface area contributed by atoms with Crippen molar-refractivity contribution in [3.05, 3.63) is 42.0 Å². The fourth-order valence-corrected chi connectivity index (χ4v) is 3.76. The van der Waals surface area contributed by atoms with Crippen LogP contribution in [-0.4, -0.2) is 18.3 Å². The van der Waals surface area contributed by atoms with Gasteiger partial charge in [-0.1, -0.05) is 23.9 Å². The number of nitrogens with zero attached hydrogens (tertiary/aromatic N) is 1. The van der Waals surface area contributed by atoms with Crippen LogP contribution < -0.4 is 15.8 Å². The van der Waals surface area contributed by atoms with Gasteiger partial charge in [0.05, 0.1) is 28.7 Å². The highest BCUT2D eigenvalue weighted by Crippen LogP contribution is 2.31. The van der Waals surface area contributed by atoms with E-state index >= 15 is 0 Å². The molecule has 0 unspecified atom stereocenters. The van der Waals surface area contributed by atoms with Crippen LogP contribution in [0.4, 0.5) is 11.4 Å². The lowest BCUT2D eigenvalue weighted by Gasteiger charge is -2.11. The van der Waals surface area contributed by atoms with Gasteiger partial charge in [0.2, 0.25) is 0 Å². The van der Waals surface area contributed by atoms with Crippen LogP contribution in [0.3, 0.4) is 0 Å². The van der Waals surface area contributed by atoms with Gasteiger partial charge in [-0.2, -0.15) is 0 Å². The van der Waals surface area contributed by atoms with Crippen LogP contribution in [0, 0.1) is 0 Å². The first-order valence-corrected chi connectivity index (χ1v) is 8.85. The molecule has 3 aromatic rings. The molecule has 0 aliphatic rings. The maximum absolute atomic E-state index is 6.04. The largest absolute Gasteiger partial charge is 0.497 e. The molecule has 2 aromatic carbocycles. The first-order valence-electron chi connectivity index (χ1n) is 6.81. The lowest BCUT2D eigenvalue weighted by Crippen LogP contribution is -2.03. The van der Waals surface area contributed by atoms with Crippen LogP contribution >= 0.6 is 23.1 Å². The van der Waals surface area contributed by atoms with Gasteiger partial charge in [-0.15, -0.1) is 11.3 Å². The highest BCUT2D eigenvalue weighted by atomic mass is 32.2. The number of fused-ring (bicyclic) bond motifs is 1. The zero-order chi connectivity index (χ0) is 15.5. The van der Waals surface area contributed by atoms with Crippen LogP contribution in [0.5, 0.6) is 5.75 Å². The van der Waals surface area contributed by atoms with Crippen molar-refractivity contribution < 1.29 is 4.74 Å². The van der Waals surface area contributed by atoms with E-state index in [1.54, 1.807) is 30.2 Å². The van der Waals surface area contributed by atoms with Crippen LogP contribution in [0.2, 0.25) is 0 Å². The Morgan fingerprint density at radius 2 is 2.18 bits per heavy atom. The second-order valence-corrected chi connectivity index (χ2v) is 6.84. The predicted molar refractivity (Wildman–Crippen MR) is 96.1 cm³/mol. The molecular weight excluding hydrogens is 314 g/mol. The number of nitrogen functional groups attached to an aromatic ring is 1. The Kier molecular flexibility index (Phi) is 4.40. The number of thioether (sulfide) groups is 1. The fourth-order valence-electron chi connectivity index (χ4n) is 2.23. The number of benzene rings is 2. The van der Waals surface area contributed by atoms with E-state index in [-0.39, 0.29) is 0 Å². The smallest absolute Gasteiger partial charge is 0.150 e. The quantitative estimate of drug-likeness (QED) is 0.541. The van der Waals surface area contributed by atoms with E-state index in [0.29, 0.717) is 12.2 Å². The summed E-state index contributed by atoms with van der Waals surface area (Å²) in [4.78, 5) is 4.68. The summed E-state index contributed by atoms with van der Waals surface area (Å²) in [6.45, 7) is 0.686. The van der Waals surface area contributed by atoms with Crippen molar-refractivity contribution in [3.8, 4) is 5.75 Å². The summed E-state index contributed by atoms with van der Waals surface area (Å²) in [5.74, 6) is 0.759. The molecule has 1 aromatic heterocycles. The average Bonchev–Trinajstić information content (AvgIpc) is 2.97. The molecule has 6 heteroatoms. The van der Waals surface area contributed by atoms with Crippen molar-refractivity contribution >= 4 is 44.7 Å². The van der Waals surface area contributed by atoms with E-state index in [2.05, 4.69) is 28.5 Å². The van der Waals surface area contributed by atoms with Gasteiger partial charge in [-0.05, 0) is 30.0 Å². The standard InChI is InChI=1S/C16H17N3OS2/c1-20-11-6-7-13(12(17)8-11)18-9-10-4-3-5-14-15(10)19-16(21-2)22-14/h3-8,18H,9,17H2,1-2H3. The van der Waals surface area contributed by atoms with E-state index in [9.17, 15) is 0 Å². The van der Waals surface area contributed by atoms with E-state index in [1.807, 2.05) is 24.5 Å². The lowest BCUT2D eigenvalue weighted by molar-refractivity contribution is 0.415. The SMILES string of the molecule is COc1ccc(NCc2cccc3sc(SC)nc23)c(N)c1. The molecule has 0 amide bonds. The summed E-state index contributed by atoms with van der Waals surface area (Å²) < 4.78 is 7.47. The zero-order valence-electron chi connectivity index (χ0n) is 12.4. The summed E-state index contributed by atoms with van der Waals surface area (Å²) in [5, 5.41) is 3.38. The van der Waals surface area contributed by atoms with Crippen molar-refractivity contribution in [1.29, 1.82) is 0 Å². The Morgan fingerprint density at radius 3 is 2.91 bits per heavy atom. The minimum absolute atomic E-state index is 0.676. The molecule has 0 radical (unpaired) electrons. The molecule has 0 bridgehead atoms. The van der Waals surface area contributed by atoms with Crippen molar-refractivity contribution in [2.45, 2.75) is 10.9 Å². The van der Waals surface area contributed by atoms with Gasteiger partial charge >= 0.3 is 0 Å². The number of para-hydroxylation sites is 1. The van der Waals surface area contributed by atoms with Crippen LogP contribution in [0.1, 0.15) is 5.56 Å². The number of anilines is 2.